The maximum atomic E-state index is 10.1. The molecule has 0 spiro atoms. The van der Waals surface area contributed by atoms with Crippen LogP contribution in [0.15, 0.2) is 66.7 Å². The van der Waals surface area contributed by atoms with E-state index in [0.29, 0.717) is 0 Å². The number of hydrogen-bond acceptors (Lipinski definition) is 2. The molecule has 136 valence electrons. The highest BCUT2D eigenvalue weighted by Crippen LogP contribution is 2.30. The molecule has 0 atom stereocenters. The van der Waals surface area contributed by atoms with Crippen LogP contribution in [0.5, 0.6) is 5.75 Å². The van der Waals surface area contributed by atoms with Crippen LogP contribution in [0.3, 0.4) is 0 Å². The minimum absolute atomic E-state index is 0.164. The Balaban J connectivity index is 1.61. The zero-order chi connectivity index (χ0) is 19.0. The lowest BCUT2D eigenvalue weighted by Gasteiger charge is -2.19. The fourth-order valence-corrected chi connectivity index (χ4v) is 3.35. The Hall–Kier alpha value is -3.07. The van der Waals surface area contributed by atoms with Crippen LogP contribution >= 0.6 is 0 Å². The first-order chi connectivity index (χ1) is 12.9. The van der Waals surface area contributed by atoms with E-state index in [9.17, 15) is 5.11 Å². The summed E-state index contributed by atoms with van der Waals surface area (Å²) in [7, 11) is 0. The summed E-state index contributed by atoms with van der Waals surface area (Å²) < 4.78 is 0. The Kier molecular flexibility index (Phi) is 4.23. The van der Waals surface area contributed by atoms with Gasteiger partial charge in [-0.3, -0.25) is 0 Å². The molecule has 0 unspecified atom stereocenters. The number of para-hydroxylation sites is 1. The van der Waals surface area contributed by atoms with Gasteiger partial charge in [-0.2, -0.15) is 0 Å². The second kappa shape index (κ2) is 6.58. The van der Waals surface area contributed by atoms with Gasteiger partial charge >= 0.3 is 0 Å². The number of phenolic OH excluding ortho intramolecular Hbond substituents is 1. The monoisotopic (exact) mass is 356 g/mol. The largest absolute Gasteiger partial charge is 0.507 e. The zero-order valence-electron chi connectivity index (χ0n) is 16.0. The molecule has 0 aliphatic rings. The summed E-state index contributed by atoms with van der Waals surface area (Å²) in [5.74, 6) is 1.23. The molecule has 0 radical (unpaired) electrons. The lowest BCUT2D eigenvalue weighted by atomic mass is 9.86. The number of phenols is 1. The Morgan fingerprint density at radius 1 is 0.926 bits per heavy atom. The topological polar surface area (TPSA) is 48.9 Å². The normalized spacial score (nSPS) is 11.8. The first-order valence-electron chi connectivity index (χ1n) is 9.26. The van der Waals surface area contributed by atoms with Crippen LogP contribution in [0.2, 0.25) is 0 Å². The van der Waals surface area contributed by atoms with Gasteiger partial charge in [-0.15, -0.1) is 0 Å². The lowest BCUT2D eigenvalue weighted by Crippen LogP contribution is -2.10. The quantitative estimate of drug-likeness (QED) is 0.485. The van der Waals surface area contributed by atoms with Crippen molar-refractivity contribution in [1.82, 2.24) is 9.97 Å². The van der Waals surface area contributed by atoms with E-state index in [0.717, 1.165) is 34.4 Å². The van der Waals surface area contributed by atoms with Gasteiger partial charge in [-0.25, -0.2) is 4.98 Å². The average molecular weight is 356 g/mol. The first-order valence-corrected chi connectivity index (χ1v) is 9.26. The molecular weight excluding hydrogens is 332 g/mol. The van der Waals surface area contributed by atoms with Crippen LogP contribution in [-0.2, 0) is 11.8 Å². The van der Waals surface area contributed by atoms with Gasteiger partial charge in [0.2, 0.25) is 0 Å². The fraction of sp³-hybridized carbons (Fsp3) is 0.208. The first kappa shape index (κ1) is 17.3. The van der Waals surface area contributed by atoms with E-state index in [4.69, 9.17) is 4.98 Å². The molecule has 3 heteroatoms. The SMILES string of the molecule is CC(C)(C)c1ccc(Cc2nc3ccc(-c4ccccc4O)cc3[nH]2)cc1. The van der Waals surface area contributed by atoms with Gasteiger partial charge in [0.05, 0.1) is 11.0 Å². The summed E-state index contributed by atoms with van der Waals surface area (Å²) in [5.41, 5.74) is 6.47. The third-order valence-electron chi connectivity index (χ3n) is 4.94. The van der Waals surface area contributed by atoms with Crippen molar-refractivity contribution < 1.29 is 5.11 Å². The second-order valence-electron chi connectivity index (χ2n) is 8.06. The highest BCUT2D eigenvalue weighted by Gasteiger charge is 2.13. The van der Waals surface area contributed by atoms with Crippen molar-refractivity contribution in [3.63, 3.8) is 0 Å². The molecule has 0 saturated heterocycles. The van der Waals surface area contributed by atoms with Crippen LogP contribution in [0.25, 0.3) is 22.2 Å². The summed E-state index contributed by atoms with van der Waals surface area (Å²) in [6.45, 7) is 6.68. The van der Waals surface area contributed by atoms with Crippen LogP contribution in [0.4, 0.5) is 0 Å². The molecule has 4 rings (SSSR count). The number of hydrogen-bond donors (Lipinski definition) is 2. The number of fused-ring (bicyclic) bond motifs is 1. The maximum Gasteiger partial charge on any atom is 0.123 e. The smallest absolute Gasteiger partial charge is 0.123 e. The van der Waals surface area contributed by atoms with Crippen LogP contribution in [0, 0.1) is 0 Å². The number of aromatic hydroxyl groups is 1. The molecule has 0 amide bonds. The van der Waals surface area contributed by atoms with Gasteiger partial charge in [-0.1, -0.05) is 69.3 Å². The van der Waals surface area contributed by atoms with E-state index in [1.807, 2.05) is 36.4 Å². The number of aromatic amines is 1. The van der Waals surface area contributed by atoms with Crippen molar-refractivity contribution in [2.45, 2.75) is 32.6 Å². The number of benzene rings is 3. The Morgan fingerprint density at radius 2 is 1.67 bits per heavy atom. The molecule has 1 heterocycles. The Bertz CT molecular complexity index is 1090. The van der Waals surface area contributed by atoms with Gasteiger partial charge in [0, 0.05) is 12.0 Å². The van der Waals surface area contributed by atoms with Crippen molar-refractivity contribution in [2.24, 2.45) is 0 Å². The highest BCUT2D eigenvalue weighted by molar-refractivity contribution is 5.83. The molecule has 0 bridgehead atoms. The van der Waals surface area contributed by atoms with E-state index in [2.05, 4.69) is 50.0 Å². The predicted octanol–water partition coefficient (Wildman–Crippen LogP) is 5.82. The zero-order valence-corrected chi connectivity index (χ0v) is 16.0. The standard InChI is InChI=1S/C24H24N2O/c1-24(2,3)18-11-8-16(9-12-18)14-23-25-20-13-10-17(15-21(20)26-23)19-6-4-5-7-22(19)27/h4-13,15,27H,14H2,1-3H3,(H,25,26). The van der Waals surface area contributed by atoms with Crippen LogP contribution < -0.4 is 0 Å². The molecule has 4 aromatic rings. The number of imidazole rings is 1. The van der Waals surface area contributed by atoms with E-state index < -0.39 is 0 Å². The van der Waals surface area contributed by atoms with Crippen LogP contribution in [-0.4, -0.2) is 15.1 Å². The molecule has 2 N–H and O–H groups in total. The summed E-state index contributed by atoms with van der Waals surface area (Å²) in [4.78, 5) is 8.14. The third-order valence-corrected chi connectivity index (χ3v) is 4.94. The predicted molar refractivity (Wildman–Crippen MR) is 111 cm³/mol. The van der Waals surface area contributed by atoms with E-state index in [1.165, 1.54) is 11.1 Å². The van der Waals surface area contributed by atoms with Crippen molar-refractivity contribution in [1.29, 1.82) is 0 Å². The van der Waals surface area contributed by atoms with Crippen molar-refractivity contribution in [3.8, 4) is 16.9 Å². The Labute approximate surface area is 159 Å². The van der Waals surface area contributed by atoms with Gasteiger partial charge in [0.1, 0.15) is 11.6 Å². The van der Waals surface area contributed by atoms with Crippen LogP contribution in [0.1, 0.15) is 37.7 Å². The molecule has 1 aromatic heterocycles. The lowest BCUT2D eigenvalue weighted by molar-refractivity contribution is 0.477. The minimum atomic E-state index is 0.164. The molecule has 0 saturated carbocycles. The van der Waals surface area contributed by atoms with Gasteiger partial charge in [-0.05, 0) is 40.3 Å². The summed E-state index contributed by atoms with van der Waals surface area (Å²) >= 11 is 0. The molecule has 0 fully saturated rings. The Morgan fingerprint density at radius 3 is 2.37 bits per heavy atom. The van der Waals surface area contributed by atoms with E-state index in [1.54, 1.807) is 6.07 Å². The van der Waals surface area contributed by atoms with Crippen molar-refractivity contribution >= 4 is 11.0 Å². The third kappa shape index (κ3) is 3.59. The number of aromatic nitrogens is 2. The number of rotatable bonds is 3. The average Bonchev–Trinajstić information content (AvgIpc) is 3.03. The summed E-state index contributed by atoms with van der Waals surface area (Å²) in [6.07, 6.45) is 0.769. The molecule has 0 aliphatic heterocycles. The summed E-state index contributed by atoms with van der Waals surface area (Å²) in [5, 5.41) is 10.1. The number of nitrogens with one attached hydrogen (secondary N) is 1. The van der Waals surface area contributed by atoms with E-state index >= 15 is 0 Å². The molecule has 3 aromatic carbocycles. The number of nitrogens with zero attached hydrogens (tertiary/aromatic N) is 1. The van der Waals surface area contributed by atoms with Gasteiger partial charge < -0.3 is 10.1 Å². The van der Waals surface area contributed by atoms with Gasteiger partial charge in [0.25, 0.3) is 0 Å². The maximum absolute atomic E-state index is 10.1. The highest BCUT2D eigenvalue weighted by atomic mass is 16.3. The summed E-state index contributed by atoms with van der Waals surface area (Å²) in [6, 6.07) is 22.2. The number of H-pyrrole nitrogens is 1. The molecule has 0 aliphatic carbocycles. The van der Waals surface area contributed by atoms with Crippen molar-refractivity contribution in [3.05, 3.63) is 83.7 Å². The van der Waals surface area contributed by atoms with Gasteiger partial charge in [0.15, 0.2) is 0 Å². The van der Waals surface area contributed by atoms with E-state index in [-0.39, 0.29) is 11.2 Å². The fourth-order valence-electron chi connectivity index (χ4n) is 3.35. The second-order valence-corrected chi connectivity index (χ2v) is 8.06. The van der Waals surface area contributed by atoms with Crippen molar-refractivity contribution in [2.75, 3.05) is 0 Å². The minimum Gasteiger partial charge on any atom is -0.507 e. The molecule has 27 heavy (non-hydrogen) atoms. The molecular formula is C24H24N2O. The molecule has 3 nitrogen and oxygen atoms in total.